The van der Waals surface area contributed by atoms with Crippen LogP contribution in [0.5, 0.6) is 0 Å². The fourth-order valence-corrected chi connectivity index (χ4v) is 1.34. The number of nitrogens with zero attached hydrogens (tertiary/aromatic N) is 2. The highest BCUT2D eigenvalue weighted by Crippen LogP contribution is 2.22. The Balaban J connectivity index is 3.07. The molecule has 17 heavy (non-hydrogen) atoms. The van der Waals surface area contributed by atoms with Crippen LogP contribution in [0.1, 0.15) is 27.7 Å². The fraction of sp³-hybridized carbons (Fsp3) is 0.545. The van der Waals surface area contributed by atoms with Crippen LogP contribution in [0, 0.1) is 10.1 Å². The van der Waals surface area contributed by atoms with E-state index in [2.05, 4.69) is 15.6 Å². The Labute approximate surface area is 101 Å². The summed E-state index contributed by atoms with van der Waals surface area (Å²) in [6.07, 6.45) is 0. The second-order valence-corrected chi connectivity index (χ2v) is 4.76. The molecule has 1 heterocycles. The van der Waals surface area contributed by atoms with Crippen LogP contribution in [0.2, 0.25) is 0 Å². The van der Waals surface area contributed by atoms with Crippen molar-refractivity contribution in [3.63, 3.8) is 0 Å². The van der Waals surface area contributed by atoms with Crippen LogP contribution < -0.4 is 10.6 Å². The number of nitro groups is 1. The summed E-state index contributed by atoms with van der Waals surface area (Å²) >= 11 is 0. The smallest absolute Gasteiger partial charge is 0.276 e. The molecule has 0 amide bonds. The molecule has 1 aromatic heterocycles. The summed E-state index contributed by atoms with van der Waals surface area (Å²) in [7, 11) is 0. The van der Waals surface area contributed by atoms with E-state index in [1.54, 1.807) is 0 Å². The van der Waals surface area contributed by atoms with Gasteiger partial charge in [0.2, 0.25) is 0 Å². The number of hydrogen-bond acceptors (Lipinski definition) is 5. The predicted octanol–water partition coefficient (Wildman–Crippen LogP) is 2.63. The maximum Gasteiger partial charge on any atom is 0.276 e. The third-order valence-electron chi connectivity index (χ3n) is 1.88. The predicted molar refractivity (Wildman–Crippen MR) is 68.4 cm³/mol. The van der Waals surface area contributed by atoms with Gasteiger partial charge in [-0.15, -0.1) is 0 Å². The van der Waals surface area contributed by atoms with Crippen LogP contribution in [0.3, 0.4) is 0 Å². The molecule has 2 N–H and O–H groups in total. The minimum absolute atomic E-state index is 0.0303. The number of aromatic nitrogens is 1. The monoisotopic (exact) mass is 238 g/mol. The van der Waals surface area contributed by atoms with Crippen molar-refractivity contribution >= 4 is 17.3 Å². The summed E-state index contributed by atoms with van der Waals surface area (Å²) in [6.45, 7) is 8.50. The zero-order valence-corrected chi connectivity index (χ0v) is 10.6. The number of rotatable bonds is 4. The Hall–Kier alpha value is -1.85. The summed E-state index contributed by atoms with van der Waals surface area (Å²) in [5, 5.41) is 16.9. The van der Waals surface area contributed by atoms with Crippen LogP contribution in [0.25, 0.3) is 0 Å². The lowest BCUT2D eigenvalue weighted by molar-refractivity contribution is -0.384. The SMILES string of the molecule is CCNc1cc([N+](=O)[O-])cc(NC(C)(C)C)n1. The van der Waals surface area contributed by atoms with Gasteiger partial charge in [-0.1, -0.05) is 0 Å². The van der Waals surface area contributed by atoms with Gasteiger partial charge in [0.25, 0.3) is 5.69 Å². The number of nitrogens with one attached hydrogen (secondary N) is 2. The second kappa shape index (κ2) is 4.99. The highest BCUT2D eigenvalue weighted by atomic mass is 16.6. The molecule has 0 aromatic carbocycles. The van der Waals surface area contributed by atoms with Crippen LogP contribution in [0.15, 0.2) is 12.1 Å². The first kappa shape index (κ1) is 13.2. The van der Waals surface area contributed by atoms with E-state index in [9.17, 15) is 10.1 Å². The molecule has 1 rings (SSSR count). The summed E-state index contributed by atoms with van der Waals surface area (Å²) in [5.41, 5.74) is -0.159. The largest absolute Gasteiger partial charge is 0.370 e. The van der Waals surface area contributed by atoms with E-state index in [0.29, 0.717) is 18.2 Å². The molecule has 0 saturated carbocycles. The van der Waals surface area contributed by atoms with Gasteiger partial charge in [0.05, 0.1) is 17.1 Å². The van der Waals surface area contributed by atoms with Gasteiger partial charge < -0.3 is 10.6 Å². The Morgan fingerprint density at radius 1 is 1.35 bits per heavy atom. The first-order valence-corrected chi connectivity index (χ1v) is 5.50. The lowest BCUT2D eigenvalue weighted by atomic mass is 10.1. The Kier molecular flexibility index (Phi) is 3.88. The topological polar surface area (TPSA) is 80.1 Å². The van der Waals surface area contributed by atoms with Gasteiger partial charge in [0.15, 0.2) is 0 Å². The van der Waals surface area contributed by atoms with Gasteiger partial charge in [0.1, 0.15) is 11.6 Å². The molecular formula is C11H18N4O2. The van der Waals surface area contributed by atoms with Gasteiger partial charge in [-0.3, -0.25) is 10.1 Å². The van der Waals surface area contributed by atoms with E-state index in [1.165, 1.54) is 12.1 Å². The lowest BCUT2D eigenvalue weighted by Gasteiger charge is -2.21. The molecule has 0 spiro atoms. The molecule has 6 nitrogen and oxygen atoms in total. The van der Waals surface area contributed by atoms with Crippen molar-refractivity contribution in [2.75, 3.05) is 17.2 Å². The lowest BCUT2D eigenvalue weighted by Crippen LogP contribution is -2.26. The average molecular weight is 238 g/mol. The summed E-state index contributed by atoms with van der Waals surface area (Å²) in [4.78, 5) is 14.6. The minimum atomic E-state index is -0.420. The van der Waals surface area contributed by atoms with Crippen molar-refractivity contribution < 1.29 is 4.92 Å². The molecule has 0 unspecified atom stereocenters. The Bertz CT molecular complexity index is 412. The maximum absolute atomic E-state index is 10.8. The molecule has 0 aliphatic heterocycles. The molecule has 94 valence electrons. The zero-order valence-electron chi connectivity index (χ0n) is 10.6. The first-order valence-electron chi connectivity index (χ1n) is 5.50. The Morgan fingerprint density at radius 2 is 1.94 bits per heavy atom. The fourth-order valence-electron chi connectivity index (χ4n) is 1.34. The molecule has 0 atom stereocenters. The third-order valence-corrected chi connectivity index (χ3v) is 1.88. The molecule has 6 heteroatoms. The van der Waals surface area contributed by atoms with Gasteiger partial charge in [-0.2, -0.15) is 0 Å². The van der Waals surface area contributed by atoms with E-state index in [-0.39, 0.29) is 11.2 Å². The third kappa shape index (κ3) is 4.26. The van der Waals surface area contributed by atoms with Crippen LogP contribution in [0.4, 0.5) is 17.3 Å². The van der Waals surface area contributed by atoms with Gasteiger partial charge >= 0.3 is 0 Å². The van der Waals surface area contributed by atoms with E-state index < -0.39 is 4.92 Å². The van der Waals surface area contributed by atoms with Crippen LogP contribution >= 0.6 is 0 Å². The highest BCUT2D eigenvalue weighted by molar-refractivity contribution is 5.55. The molecule has 0 aliphatic carbocycles. The van der Waals surface area contributed by atoms with Crippen LogP contribution in [-0.2, 0) is 0 Å². The first-order chi connectivity index (χ1) is 7.81. The molecule has 0 fully saturated rings. The number of pyridine rings is 1. The van der Waals surface area contributed by atoms with E-state index in [0.717, 1.165) is 0 Å². The maximum atomic E-state index is 10.8. The van der Waals surface area contributed by atoms with E-state index in [4.69, 9.17) is 0 Å². The number of hydrogen-bond donors (Lipinski definition) is 2. The van der Waals surface area contributed by atoms with Gasteiger partial charge in [0, 0.05) is 12.1 Å². The average Bonchev–Trinajstić information content (AvgIpc) is 2.14. The quantitative estimate of drug-likeness (QED) is 0.622. The summed E-state index contributed by atoms with van der Waals surface area (Å²) < 4.78 is 0. The van der Waals surface area contributed by atoms with Crippen molar-refractivity contribution in [1.82, 2.24) is 4.98 Å². The highest BCUT2D eigenvalue weighted by Gasteiger charge is 2.15. The molecular weight excluding hydrogens is 220 g/mol. The molecule has 0 aliphatic rings. The van der Waals surface area contributed by atoms with Crippen molar-refractivity contribution in [2.45, 2.75) is 33.2 Å². The van der Waals surface area contributed by atoms with E-state index >= 15 is 0 Å². The number of anilines is 2. The van der Waals surface area contributed by atoms with Gasteiger partial charge in [-0.25, -0.2) is 4.98 Å². The van der Waals surface area contributed by atoms with Crippen LogP contribution in [-0.4, -0.2) is 22.0 Å². The van der Waals surface area contributed by atoms with Gasteiger partial charge in [-0.05, 0) is 27.7 Å². The van der Waals surface area contributed by atoms with Crippen molar-refractivity contribution in [2.24, 2.45) is 0 Å². The molecule has 0 saturated heterocycles. The summed E-state index contributed by atoms with van der Waals surface area (Å²) in [6, 6.07) is 2.86. The molecule has 0 radical (unpaired) electrons. The molecule has 0 bridgehead atoms. The molecule has 1 aromatic rings. The van der Waals surface area contributed by atoms with E-state index in [1.807, 2.05) is 27.7 Å². The van der Waals surface area contributed by atoms with Crippen molar-refractivity contribution in [3.05, 3.63) is 22.2 Å². The summed E-state index contributed by atoms with van der Waals surface area (Å²) in [5.74, 6) is 1.01. The van der Waals surface area contributed by atoms with Crippen molar-refractivity contribution in [1.29, 1.82) is 0 Å². The zero-order chi connectivity index (χ0) is 13.1. The van der Waals surface area contributed by atoms with Crippen molar-refractivity contribution in [3.8, 4) is 0 Å². The normalized spacial score (nSPS) is 11.1. The Morgan fingerprint density at radius 3 is 2.41 bits per heavy atom. The second-order valence-electron chi connectivity index (χ2n) is 4.76. The standard InChI is InChI=1S/C11H18N4O2/c1-5-12-9-6-8(15(16)17)7-10(13-9)14-11(2,3)4/h6-7H,5H2,1-4H3,(H2,12,13,14). The minimum Gasteiger partial charge on any atom is -0.370 e.